The monoisotopic (exact) mass is 914 g/mol. The molecule has 1 aliphatic rings. The average molecular weight is 914 g/mol. The Labute approximate surface area is 386 Å². The van der Waals surface area contributed by atoms with Gasteiger partial charge in [-0.1, -0.05) is 55.9 Å². The highest BCUT2D eigenvalue weighted by molar-refractivity contribution is 5.95. The summed E-state index contributed by atoms with van der Waals surface area (Å²) in [6.07, 6.45) is 9.96. The van der Waals surface area contributed by atoms with Gasteiger partial charge in [0.1, 0.15) is 11.4 Å². The number of hydrogen-bond donors (Lipinski definition) is 7. The number of nitrogens with zero attached hydrogens (tertiary/aromatic N) is 5. The first kappa shape index (κ1) is 51.4. The molecule has 7 N–H and O–H groups in total. The number of aromatic nitrogens is 3. The molecule has 3 amide bonds. The van der Waals surface area contributed by atoms with Gasteiger partial charge in [0, 0.05) is 69.3 Å². The molecule has 3 atom stereocenters. The quantitative estimate of drug-likeness (QED) is 0.0313. The van der Waals surface area contributed by atoms with Crippen LogP contribution in [0.3, 0.4) is 0 Å². The summed E-state index contributed by atoms with van der Waals surface area (Å²) >= 11 is 0. The van der Waals surface area contributed by atoms with Crippen LogP contribution in [-0.4, -0.2) is 132 Å². The lowest BCUT2D eigenvalue weighted by Crippen LogP contribution is -2.38. The Bertz CT molecular complexity index is 2060. The van der Waals surface area contributed by atoms with E-state index < -0.39 is 18.3 Å². The predicted octanol–water partition coefficient (Wildman–Crippen LogP) is 4.88. The summed E-state index contributed by atoms with van der Waals surface area (Å²) < 4.78 is 18.6. The standard InChI is InChI=1S/C48H67N9O9/c1-35(58)50-22-23-51-47(62)37-14-16-40(17-15-37)53-54-41-18-20-44(21-19-41)66-25-9-24-57-32-45(55-56-57)38-12-8-13-39(28-38)48(63)52-30-43(60)34-65-27-26-64-33-42(59)29-49-31-46(61)36-10-6-4-2-3-5-7-11-36/h8,12-21,28,32,36,42-43,46,49,59-61H,2-7,9-11,22-27,29-31,33-34H2,1H3,(H,50,58)(H,51,62)(H,52,63)/b54-53+. The zero-order chi connectivity index (χ0) is 46.8. The van der Waals surface area contributed by atoms with Crippen LogP contribution >= 0.6 is 0 Å². The summed E-state index contributed by atoms with van der Waals surface area (Å²) in [5, 5.41) is 59.6. The van der Waals surface area contributed by atoms with Gasteiger partial charge in [0.25, 0.3) is 11.8 Å². The topological polar surface area (TPSA) is 243 Å². The van der Waals surface area contributed by atoms with Crippen LogP contribution in [0.1, 0.15) is 85.4 Å². The van der Waals surface area contributed by atoms with E-state index in [-0.39, 0.29) is 50.7 Å². The highest BCUT2D eigenvalue weighted by Gasteiger charge is 2.20. The minimum absolute atomic E-state index is 0.00152. The molecule has 4 aromatic rings. The van der Waals surface area contributed by atoms with E-state index in [1.807, 2.05) is 24.4 Å². The van der Waals surface area contributed by atoms with Crippen LogP contribution in [0.2, 0.25) is 0 Å². The van der Waals surface area contributed by atoms with Crippen molar-refractivity contribution >= 4 is 29.1 Å². The van der Waals surface area contributed by atoms with Crippen LogP contribution in [0.25, 0.3) is 11.3 Å². The van der Waals surface area contributed by atoms with Gasteiger partial charge in [-0.3, -0.25) is 19.1 Å². The van der Waals surface area contributed by atoms with Crippen molar-refractivity contribution in [2.75, 3.05) is 65.8 Å². The lowest BCUT2D eigenvalue weighted by Gasteiger charge is -2.23. The van der Waals surface area contributed by atoms with Crippen LogP contribution < -0.4 is 26.0 Å². The van der Waals surface area contributed by atoms with Crippen molar-refractivity contribution in [3.8, 4) is 17.0 Å². The molecule has 1 aliphatic carbocycles. The van der Waals surface area contributed by atoms with E-state index in [0.717, 1.165) is 18.4 Å². The molecule has 1 aromatic heterocycles. The maximum Gasteiger partial charge on any atom is 0.251 e. The first-order chi connectivity index (χ1) is 32.1. The van der Waals surface area contributed by atoms with Crippen molar-refractivity contribution < 1.29 is 43.9 Å². The van der Waals surface area contributed by atoms with Gasteiger partial charge in [0.05, 0.1) is 68.9 Å². The molecule has 3 unspecified atom stereocenters. The number of nitrogens with one attached hydrogen (secondary N) is 4. The van der Waals surface area contributed by atoms with Gasteiger partial charge in [-0.25, -0.2) is 0 Å². The smallest absolute Gasteiger partial charge is 0.251 e. The fourth-order valence-corrected chi connectivity index (χ4v) is 7.30. The van der Waals surface area contributed by atoms with Gasteiger partial charge < -0.3 is 50.8 Å². The molecule has 66 heavy (non-hydrogen) atoms. The molecule has 5 rings (SSSR count). The normalized spacial score (nSPS) is 15.0. The Morgan fingerprint density at radius 1 is 0.727 bits per heavy atom. The van der Waals surface area contributed by atoms with E-state index >= 15 is 0 Å². The second-order valence-electron chi connectivity index (χ2n) is 16.5. The lowest BCUT2D eigenvalue weighted by atomic mass is 9.91. The van der Waals surface area contributed by atoms with Crippen LogP contribution in [0.5, 0.6) is 5.75 Å². The summed E-state index contributed by atoms with van der Waals surface area (Å²) in [6.45, 7) is 4.50. The number of carbonyl (C=O) groups is 3. The number of aliphatic hydroxyl groups excluding tert-OH is 3. The van der Waals surface area contributed by atoms with Crippen molar-refractivity contribution in [3.05, 3.63) is 90.1 Å². The molecule has 1 fully saturated rings. The second kappa shape index (κ2) is 29.1. The fourth-order valence-electron chi connectivity index (χ4n) is 7.30. The highest BCUT2D eigenvalue weighted by atomic mass is 16.5. The van der Waals surface area contributed by atoms with Gasteiger partial charge in [-0.05, 0) is 79.4 Å². The zero-order valence-electron chi connectivity index (χ0n) is 38.0. The molecule has 0 saturated heterocycles. The molecule has 0 spiro atoms. The van der Waals surface area contributed by atoms with Gasteiger partial charge in [-0.2, -0.15) is 10.2 Å². The maximum atomic E-state index is 12.9. The van der Waals surface area contributed by atoms with Crippen molar-refractivity contribution in [1.29, 1.82) is 0 Å². The van der Waals surface area contributed by atoms with Gasteiger partial charge in [0.2, 0.25) is 5.91 Å². The van der Waals surface area contributed by atoms with Crippen molar-refractivity contribution in [2.45, 2.75) is 89.6 Å². The first-order valence-electron chi connectivity index (χ1n) is 23.1. The third-order valence-electron chi connectivity index (χ3n) is 11.0. The Balaban J connectivity index is 0.909. The largest absolute Gasteiger partial charge is 0.494 e. The Morgan fingerprint density at radius 3 is 2.03 bits per heavy atom. The van der Waals surface area contributed by atoms with Crippen LogP contribution in [0, 0.1) is 5.92 Å². The molecule has 1 heterocycles. The highest BCUT2D eigenvalue weighted by Crippen LogP contribution is 2.25. The van der Waals surface area contributed by atoms with Crippen LogP contribution in [0.4, 0.5) is 11.4 Å². The third kappa shape index (κ3) is 19.5. The number of amides is 3. The van der Waals surface area contributed by atoms with Gasteiger partial charge in [0.15, 0.2) is 0 Å². The molecule has 0 radical (unpaired) electrons. The van der Waals surface area contributed by atoms with E-state index in [9.17, 15) is 29.7 Å². The Hall–Kier alpha value is -5.63. The second-order valence-corrected chi connectivity index (χ2v) is 16.5. The Kier molecular flexibility index (Phi) is 22.6. The average Bonchev–Trinajstić information content (AvgIpc) is 3.85. The molecular weight excluding hydrogens is 847 g/mol. The zero-order valence-corrected chi connectivity index (χ0v) is 38.0. The molecule has 3 aromatic carbocycles. The molecule has 1 saturated carbocycles. The summed E-state index contributed by atoms with van der Waals surface area (Å²) in [4.78, 5) is 36.1. The molecule has 0 aliphatic heterocycles. The van der Waals surface area contributed by atoms with E-state index in [4.69, 9.17) is 14.2 Å². The molecule has 18 nitrogen and oxygen atoms in total. The van der Waals surface area contributed by atoms with Crippen molar-refractivity contribution in [2.24, 2.45) is 16.1 Å². The van der Waals surface area contributed by atoms with Gasteiger partial charge >= 0.3 is 0 Å². The van der Waals surface area contributed by atoms with E-state index in [0.29, 0.717) is 85.6 Å². The Morgan fingerprint density at radius 2 is 1.35 bits per heavy atom. The summed E-state index contributed by atoms with van der Waals surface area (Å²) in [7, 11) is 0. The first-order valence-corrected chi connectivity index (χ1v) is 23.1. The lowest BCUT2D eigenvalue weighted by molar-refractivity contribution is -0.118. The molecular formula is C48H67N9O9. The van der Waals surface area contributed by atoms with Crippen LogP contribution in [-0.2, 0) is 20.8 Å². The number of ether oxygens (including phenoxy) is 3. The number of aryl methyl sites for hydroxylation is 1. The van der Waals surface area contributed by atoms with Crippen molar-refractivity contribution in [3.63, 3.8) is 0 Å². The number of carbonyl (C=O) groups excluding carboxylic acids is 3. The maximum absolute atomic E-state index is 12.9. The van der Waals surface area contributed by atoms with E-state index in [1.165, 1.54) is 45.4 Å². The predicted molar refractivity (Wildman–Crippen MR) is 249 cm³/mol. The minimum atomic E-state index is -0.921. The third-order valence-corrected chi connectivity index (χ3v) is 11.0. The number of aliphatic hydroxyl groups is 3. The molecule has 0 bridgehead atoms. The molecule has 18 heteroatoms. The van der Waals surface area contributed by atoms with Crippen LogP contribution in [0.15, 0.2) is 89.2 Å². The molecule has 358 valence electrons. The number of rotatable bonds is 27. The van der Waals surface area contributed by atoms with E-state index in [1.54, 1.807) is 59.3 Å². The minimum Gasteiger partial charge on any atom is -0.494 e. The fraction of sp³-hybridized carbons (Fsp3) is 0.521. The van der Waals surface area contributed by atoms with Crippen molar-refractivity contribution in [1.82, 2.24) is 36.3 Å². The summed E-state index contributed by atoms with van der Waals surface area (Å²) in [5.74, 6) is 0.257. The number of hydrogen-bond acceptors (Lipinski definition) is 14. The van der Waals surface area contributed by atoms with E-state index in [2.05, 4.69) is 41.8 Å². The number of azo groups is 1. The van der Waals surface area contributed by atoms with Gasteiger partial charge in [-0.15, -0.1) is 5.10 Å². The summed E-state index contributed by atoms with van der Waals surface area (Å²) in [5.41, 5.74) is 3.46. The summed E-state index contributed by atoms with van der Waals surface area (Å²) in [6, 6.07) is 21.0. The SMILES string of the molecule is CC(=O)NCCNC(=O)c1ccc(/N=N/c2ccc(OCCCn3cc(-c4cccc(C(=O)NCC(O)COCCOCC(O)CNCC(O)C5CCCCCCCC5)c4)nn3)cc2)cc1. The number of benzene rings is 3.